The first-order valence-corrected chi connectivity index (χ1v) is 5.50. The Labute approximate surface area is 99.4 Å². The van der Waals surface area contributed by atoms with Gasteiger partial charge in [0.1, 0.15) is 0 Å². The summed E-state index contributed by atoms with van der Waals surface area (Å²) in [5.41, 5.74) is 0. The average Bonchev–Trinajstić information content (AvgIpc) is 2.35. The maximum atomic E-state index is 11.7. The number of carboxylic acid groups (broad SMARTS) is 1. The number of hydrogen-bond acceptors (Lipinski definition) is 4. The molecule has 0 aromatic heterocycles. The second-order valence-electron chi connectivity index (χ2n) is 3.97. The maximum Gasteiger partial charge on any atom is 0.328 e. The molecule has 0 spiro atoms. The van der Waals surface area contributed by atoms with E-state index in [0.717, 1.165) is 12.8 Å². The molecule has 0 radical (unpaired) electrons. The van der Waals surface area contributed by atoms with Gasteiger partial charge < -0.3 is 25.2 Å². The van der Waals surface area contributed by atoms with Crippen LogP contribution in [-0.4, -0.2) is 66.1 Å². The van der Waals surface area contributed by atoms with Crippen LogP contribution in [0.1, 0.15) is 12.8 Å². The first kappa shape index (κ1) is 13.7. The van der Waals surface area contributed by atoms with Crippen LogP contribution in [0.15, 0.2) is 0 Å². The van der Waals surface area contributed by atoms with Gasteiger partial charge in [0.15, 0.2) is 6.04 Å². The second kappa shape index (κ2) is 6.41. The maximum absolute atomic E-state index is 11.7. The molecule has 1 aliphatic heterocycles. The third-order valence-electron chi connectivity index (χ3n) is 2.78. The van der Waals surface area contributed by atoms with Crippen LogP contribution in [0.25, 0.3) is 0 Å². The summed E-state index contributed by atoms with van der Waals surface area (Å²) in [7, 11) is 1.58. The highest BCUT2D eigenvalue weighted by molar-refractivity contribution is 5.82. The summed E-state index contributed by atoms with van der Waals surface area (Å²) < 4.78 is 5.16. The molecule has 7 heteroatoms. The third-order valence-corrected chi connectivity index (χ3v) is 2.78. The lowest BCUT2D eigenvalue weighted by Gasteiger charge is -2.32. The quantitative estimate of drug-likeness (QED) is 0.606. The number of nitrogens with zero attached hydrogens (tertiary/aromatic N) is 1. The van der Waals surface area contributed by atoms with Crippen molar-refractivity contribution in [2.75, 3.05) is 26.8 Å². The van der Waals surface area contributed by atoms with Crippen LogP contribution in [0, 0.1) is 0 Å². The molecule has 1 fully saturated rings. The molecule has 0 saturated carbocycles. The number of amides is 2. The molecule has 2 atom stereocenters. The van der Waals surface area contributed by atoms with Gasteiger partial charge in [-0.2, -0.15) is 0 Å². The number of carboxylic acids is 1. The summed E-state index contributed by atoms with van der Waals surface area (Å²) in [6.07, 6.45) is 1.71. The SMILES string of the molecule is COC1CCCN(C(=O)N[C@@H](CO)C(=O)O)C1. The number of piperidine rings is 1. The zero-order valence-electron chi connectivity index (χ0n) is 9.76. The number of rotatable bonds is 4. The number of methoxy groups -OCH3 is 1. The van der Waals surface area contributed by atoms with Gasteiger partial charge in [-0.1, -0.05) is 0 Å². The highest BCUT2D eigenvalue weighted by atomic mass is 16.5. The Morgan fingerprint density at radius 2 is 2.29 bits per heavy atom. The number of aliphatic carboxylic acids is 1. The molecule has 1 heterocycles. The van der Waals surface area contributed by atoms with E-state index >= 15 is 0 Å². The molecule has 7 nitrogen and oxygen atoms in total. The van der Waals surface area contributed by atoms with E-state index in [4.69, 9.17) is 14.9 Å². The molecule has 0 aromatic carbocycles. The lowest BCUT2D eigenvalue weighted by molar-refractivity contribution is -0.140. The first-order valence-electron chi connectivity index (χ1n) is 5.50. The molecular weight excluding hydrogens is 228 g/mol. The fraction of sp³-hybridized carbons (Fsp3) is 0.800. The van der Waals surface area contributed by atoms with E-state index in [1.807, 2.05) is 0 Å². The monoisotopic (exact) mass is 246 g/mol. The van der Waals surface area contributed by atoms with Crippen molar-refractivity contribution in [2.45, 2.75) is 25.0 Å². The molecule has 0 aliphatic carbocycles. The molecule has 17 heavy (non-hydrogen) atoms. The minimum Gasteiger partial charge on any atom is -0.480 e. The van der Waals surface area contributed by atoms with Gasteiger partial charge in [0, 0.05) is 20.2 Å². The zero-order valence-corrected chi connectivity index (χ0v) is 9.76. The van der Waals surface area contributed by atoms with Gasteiger partial charge in [-0.15, -0.1) is 0 Å². The van der Waals surface area contributed by atoms with Crippen LogP contribution >= 0.6 is 0 Å². The average molecular weight is 246 g/mol. The van der Waals surface area contributed by atoms with E-state index in [2.05, 4.69) is 5.32 Å². The highest BCUT2D eigenvalue weighted by Gasteiger charge is 2.26. The van der Waals surface area contributed by atoms with E-state index in [-0.39, 0.29) is 6.10 Å². The predicted molar refractivity (Wildman–Crippen MR) is 58.6 cm³/mol. The molecule has 0 aromatic rings. The Morgan fingerprint density at radius 3 is 2.82 bits per heavy atom. The molecule has 2 amide bonds. The lowest BCUT2D eigenvalue weighted by atomic mass is 10.1. The summed E-state index contributed by atoms with van der Waals surface area (Å²) in [5.74, 6) is -1.25. The normalized spacial score (nSPS) is 22.0. The number of aliphatic hydroxyl groups excluding tert-OH is 1. The number of likely N-dealkylation sites (tertiary alicyclic amines) is 1. The highest BCUT2D eigenvalue weighted by Crippen LogP contribution is 2.12. The van der Waals surface area contributed by atoms with Gasteiger partial charge in [0.25, 0.3) is 0 Å². The summed E-state index contributed by atoms with van der Waals surface area (Å²) in [4.78, 5) is 23.9. The van der Waals surface area contributed by atoms with E-state index in [0.29, 0.717) is 13.1 Å². The van der Waals surface area contributed by atoms with E-state index < -0.39 is 24.6 Å². The summed E-state index contributed by atoms with van der Waals surface area (Å²) in [5, 5.41) is 19.8. The van der Waals surface area contributed by atoms with Crippen LogP contribution in [0.4, 0.5) is 4.79 Å². The van der Waals surface area contributed by atoms with Crippen molar-refractivity contribution in [1.29, 1.82) is 0 Å². The Bertz CT molecular complexity index is 284. The molecule has 1 aliphatic rings. The largest absolute Gasteiger partial charge is 0.480 e. The van der Waals surface area contributed by atoms with Gasteiger partial charge in [-0.05, 0) is 12.8 Å². The van der Waals surface area contributed by atoms with Crippen molar-refractivity contribution < 1.29 is 24.5 Å². The Balaban J connectivity index is 2.48. The molecule has 98 valence electrons. The van der Waals surface area contributed by atoms with Crippen LogP contribution in [0.3, 0.4) is 0 Å². The standard InChI is InChI=1S/C10H18N2O5/c1-17-7-3-2-4-12(5-7)10(16)11-8(6-13)9(14)15/h7-8,13H,2-6H2,1H3,(H,11,16)(H,14,15)/t7?,8-/m0/s1. The summed E-state index contributed by atoms with van der Waals surface area (Å²) in [6, 6.07) is -1.74. The minimum atomic E-state index is -1.26. The van der Waals surface area contributed by atoms with Gasteiger partial charge in [-0.25, -0.2) is 9.59 Å². The van der Waals surface area contributed by atoms with Crippen LogP contribution in [-0.2, 0) is 9.53 Å². The van der Waals surface area contributed by atoms with E-state index in [1.54, 1.807) is 7.11 Å². The molecule has 3 N–H and O–H groups in total. The van der Waals surface area contributed by atoms with E-state index in [9.17, 15) is 9.59 Å². The Kier molecular flexibility index (Phi) is 5.17. The molecule has 1 unspecified atom stereocenters. The third kappa shape index (κ3) is 3.86. The molecule has 0 bridgehead atoms. The van der Waals surface area contributed by atoms with Crippen LogP contribution < -0.4 is 5.32 Å². The lowest BCUT2D eigenvalue weighted by Crippen LogP contribution is -2.53. The van der Waals surface area contributed by atoms with Gasteiger partial charge >= 0.3 is 12.0 Å². The Hall–Kier alpha value is -1.34. The van der Waals surface area contributed by atoms with Crippen molar-refractivity contribution in [2.24, 2.45) is 0 Å². The number of aliphatic hydroxyl groups is 1. The zero-order chi connectivity index (χ0) is 12.8. The topological polar surface area (TPSA) is 99.1 Å². The van der Waals surface area contributed by atoms with Crippen molar-refractivity contribution in [3.8, 4) is 0 Å². The van der Waals surface area contributed by atoms with E-state index in [1.165, 1.54) is 4.90 Å². The van der Waals surface area contributed by atoms with Crippen molar-refractivity contribution in [1.82, 2.24) is 10.2 Å². The minimum absolute atomic E-state index is 0.00750. The van der Waals surface area contributed by atoms with Crippen molar-refractivity contribution in [3.63, 3.8) is 0 Å². The predicted octanol–water partition coefficient (Wildman–Crippen LogP) is -0.748. The fourth-order valence-electron chi connectivity index (χ4n) is 1.74. The van der Waals surface area contributed by atoms with Crippen LogP contribution in [0.2, 0.25) is 0 Å². The number of carbonyl (C=O) groups is 2. The van der Waals surface area contributed by atoms with Gasteiger partial charge in [-0.3, -0.25) is 0 Å². The smallest absolute Gasteiger partial charge is 0.328 e. The number of carbonyl (C=O) groups excluding carboxylic acids is 1. The number of hydrogen-bond donors (Lipinski definition) is 3. The van der Waals surface area contributed by atoms with Crippen molar-refractivity contribution >= 4 is 12.0 Å². The summed E-state index contributed by atoms with van der Waals surface area (Å²) in [6.45, 7) is 0.395. The molecule has 1 rings (SSSR count). The number of ether oxygens (including phenoxy) is 1. The molecular formula is C10H18N2O5. The number of nitrogens with one attached hydrogen (secondary N) is 1. The van der Waals surface area contributed by atoms with Gasteiger partial charge in [0.05, 0.1) is 12.7 Å². The first-order chi connectivity index (χ1) is 8.08. The molecule has 1 saturated heterocycles. The second-order valence-corrected chi connectivity index (χ2v) is 3.97. The van der Waals surface area contributed by atoms with Crippen LogP contribution in [0.5, 0.6) is 0 Å². The summed E-state index contributed by atoms with van der Waals surface area (Å²) >= 11 is 0. The Morgan fingerprint density at radius 1 is 1.59 bits per heavy atom. The van der Waals surface area contributed by atoms with Crippen molar-refractivity contribution in [3.05, 3.63) is 0 Å². The number of urea groups is 1. The van der Waals surface area contributed by atoms with Gasteiger partial charge in [0.2, 0.25) is 0 Å². The fourth-order valence-corrected chi connectivity index (χ4v) is 1.74.